The lowest BCUT2D eigenvalue weighted by Crippen LogP contribution is -2.61. The van der Waals surface area contributed by atoms with Crippen LogP contribution in [0.15, 0.2) is 11.6 Å². The van der Waals surface area contributed by atoms with E-state index in [4.69, 9.17) is 0 Å². The second-order valence-electron chi connectivity index (χ2n) is 12.4. The van der Waals surface area contributed by atoms with Crippen LogP contribution in [0.3, 0.4) is 0 Å². The maximum atomic E-state index is 13.8. The lowest BCUT2D eigenvalue weighted by atomic mass is 9.39. The van der Waals surface area contributed by atoms with E-state index in [-0.39, 0.29) is 39.5 Å². The summed E-state index contributed by atoms with van der Waals surface area (Å²) in [6, 6.07) is 0. The van der Waals surface area contributed by atoms with Crippen LogP contribution < -0.4 is 0 Å². The molecule has 0 spiro atoms. The monoisotopic (exact) mass is 412 g/mol. The van der Waals surface area contributed by atoms with Crippen LogP contribution in [-0.4, -0.2) is 17.3 Å². The zero-order valence-corrected chi connectivity index (χ0v) is 20.1. The molecule has 0 aliphatic heterocycles. The van der Waals surface area contributed by atoms with Gasteiger partial charge in [-0.25, -0.2) is 0 Å². The highest BCUT2D eigenvalue weighted by Gasteiger charge is 2.69. The maximum absolute atomic E-state index is 13.8. The van der Waals surface area contributed by atoms with Crippen LogP contribution in [0.5, 0.6) is 0 Å². The largest absolute Gasteiger partial charge is 0.300 e. The number of hydrogen-bond acceptors (Lipinski definition) is 3. The summed E-state index contributed by atoms with van der Waals surface area (Å²) in [4.78, 5) is 38.3. The van der Waals surface area contributed by atoms with Gasteiger partial charge in [-0.1, -0.05) is 27.7 Å². The van der Waals surface area contributed by atoms with E-state index >= 15 is 0 Å². The van der Waals surface area contributed by atoms with E-state index in [1.807, 2.05) is 19.9 Å². The van der Waals surface area contributed by atoms with Gasteiger partial charge in [0.25, 0.3) is 0 Å². The summed E-state index contributed by atoms with van der Waals surface area (Å²) in [5, 5.41) is 0. The van der Waals surface area contributed by atoms with Crippen molar-refractivity contribution in [3.63, 3.8) is 0 Å². The van der Waals surface area contributed by atoms with Gasteiger partial charge in [0.15, 0.2) is 5.78 Å². The van der Waals surface area contributed by atoms with E-state index in [0.29, 0.717) is 30.6 Å². The van der Waals surface area contributed by atoms with Crippen molar-refractivity contribution in [3.05, 3.63) is 11.6 Å². The Morgan fingerprint density at radius 1 is 1.03 bits per heavy atom. The zero-order chi connectivity index (χ0) is 22.3. The van der Waals surface area contributed by atoms with E-state index in [9.17, 15) is 14.4 Å². The van der Waals surface area contributed by atoms with Crippen LogP contribution in [0.2, 0.25) is 0 Å². The van der Waals surface area contributed by atoms with Gasteiger partial charge in [0.2, 0.25) is 0 Å². The third-order valence-electron chi connectivity index (χ3n) is 10.7. The lowest BCUT2D eigenvalue weighted by Gasteiger charge is -2.64. The number of hydrogen-bond donors (Lipinski definition) is 0. The highest BCUT2D eigenvalue weighted by molar-refractivity contribution is 5.98. The molecule has 0 aromatic heterocycles. The summed E-state index contributed by atoms with van der Waals surface area (Å²) in [5.41, 5.74) is 0.580. The summed E-state index contributed by atoms with van der Waals surface area (Å²) >= 11 is 0. The topological polar surface area (TPSA) is 51.2 Å². The van der Waals surface area contributed by atoms with Crippen LogP contribution in [0.25, 0.3) is 0 Å². The Kier molecular flexibility index (Phi) is 4.85. The Labute approximate surface area is 182 Å². The molecule has 4 aliphatic carbocycles. The number of carbonyl (C=O) groups excluding carboxylic acids is 3. The molecule has 0 aromatic rings. The standard InChI is InChI=1S/C27H40O3/c1-16(14-17(2)28)18-10-11-27(7)23-21(29)15-20-19(8-9-22(30)24(20,3)4)25(23,5)12-13-26(18,27)6/h15-16,18-19,23H,8-14H2,1-7H3. The number of rotatable bonds is 3. The molecule has 3 heteroatoms. The van der Waals surface area contributed by atoms with Crippen LogP contribution in [0.4, 0.5) is 0 Å². The Hall–Kier alpha value is -1.25. The Balaban J connectivity index is 1.77. The fourth-order valence-electron chi connectivity index (χ4n) is 8.89. The van der Waals surface area contributed by atoms with E-state index in [2.05, 4.69) is 27.7 Å². The SMILES string of the molecule is CC(=O)CC(C)C1CCC2(C)C3C(=O)C=C4C(CCC(=O)C4(C)C)C3(C)CCC12C. The van der Waals surface area contributed by atoms with Gasteiger partial charge in [-0.15, -0.1) is 0 Å². The predicted molar refractivity (Wildman–Crippen MR) is 119 cm³/mol. The number of ketones is 3. The average Bonchev–Trinajstić information content (AvgIpc) is 2.90. The Morgan fingerprint density at radius 2 is 1.70 bits per heavy atom. The molecule has 3 saturated carbocycles. The molecule has 3 nitrogen and oxygen atoms in total. The van der Waals surface area contributed by atoms with Gasteiger partial charge in [0.05, 0.1) is 0 Å². The third kappa shape index (κ3) is 2.65. The number of Topliss-reactive ketones (excluding diaryl/α,β-unsaturated/α-hetero) is 2. The molecule has 3 fully saturated rings. The van der Waals surface area contributed by atoms with Crippen molar-refractivity contribution in [2.75, 3.05) is 0 Å². The first-order valence-corrected chi connectivity index (χ1v) is 12.1. The molecule has 0 aromatic carbocycles. The van der Waals surface area contributed by atoms with E-state index in [0.717, 1.165) is 37.7 Å². The molecule has 4 rings (SSSR count). The van der Waals surface area contributed by atoms with Crippen molar-refractivity contribution in [3.8, 4) is 0 Å². The van der Waals surface area contributed by atoms with Gasteiger partial charge < -0.3 is 4.79 Å². The molecule has 0 bridgehead atoms. The second kappa shape index (κ2) is 6.62. The predicted octanol–water partition coefficient (Wildman–Crippen LogP) is 5.95. The van der Waals surface area contributed by atoms with Crippen LogP contribution in [0, 0.1) is 45.3 Å². The first-order valence-electron chi connectivity index (χ1n) is 12.1. The van der Waals surface area contributed by atoms with Crippen LogP contribution in [-0.2, 0) is 14.4 Å². The van der Waals surface area contributed by atoms with E-state index in [1.165, 1.54) is 0 Å². The summed E-state index contributed by atoms with van der Waals surface area (Å²) in [6.45, 7) is 15.1. The Bertz CT molecular complexity index is 835. The van der Waals surface area contributed by atoms with Crippen molar-refractivity contribution < 1.29 is 14.4 Å². The number of fused-ring (bicyclic) bond motifs is 5. The summed E-state index contributed by atoms with van der Waals surface area (Å²) < 4.78 is 0. The number of allylic oxidation sites excluding steroid dienone is 2. The van der Waals surface area contributed by atoms with Gasteiger partial charge in [-0.05, 0) is 98.5 Å². The fourth-order valence-corrected chi connectivity index (χ4v) is 8.89. The maximum Gasteiger partial charge on any atom is 0.159 e. The fraction of sp³-hybridized carbons (Fsp3) is 0.815. The second-order valence-corrected chi connectivity index (χ2v) is 12.4. The molecule has 4 aliphatic rings. The van der Waals surface area contributed by atoms with Crippen molar-refractivity contribution >= 4 is 17.3 Å². The molecule has 166 valence electrons. The molecule has 7 atom stereocenters. The average molecular weight is 413 g/mol. The highest BCUT2D eigenvalue weighted by Crippen LogP contribution is 2.74. The summed E-state index contributed by atoms with van der Waals surface area (Å²) in [6.07, 6.45) is 8.43. The minimum absolute atomic E-state index is 0.0241. The van der Waals surface area contributed by atoms with Gasteiger partial charge in [0, 0.05) is 24.2 Å². The van der Waals surface area contributed by atoms with Crippen molar-refractivity contribution in [1.29, 1.82) is 0 Å². The van der Waals surface area contributed by atoms with E-state index < -0.39 is 5.41 Å². The first kappa shape index (κ1) is 22.0. The third-order valence-corrected chi connectivity index (χ3v) is 10.7. The van der Waals surface area contributed by atoms with Gasteiger partial charge in [-0.3, -0.25) is 9.59 Å². The number of carbonyl (C=O) groups is 3. The quantitative estimate of drug-likeness (QED) is 0.575. The van der Waals surface area contributed by atoms with E-state index in [1.54, 1.807) is 6.92 Å². The lowest BCUT2D eigenvalue weighted by molar-refractivity contribution is -0.163. The van der Waals surface area contributed by atoms with Crippen molar-refractivity contribution in [2.45, 2.75) is 93.4 Å². The van der Waals surface area contributed by atoms with Gasteiger partial charge in [-0.2, -0.15) is 0 Å². The molecule has 0 heterocycles. The molecule has 30 heavy (non-hydrogen) atoms. The minimum atomic E-state index is -0.511. The Morgan fingerprint density at radius 3 is 2.33 bits per heavy atom. The molecular formula is C27H40O3. The molecular weight excluding hydrogens is 372 g/mol. The van der Waals surface area contributed by atoms with Crippen molar-refractivity contribution in [2.24, 2.45) is 45.3 Å². The molecule has 0 radical (unpaired) electrons. The van der Waals surface area contributed by atoms with Gasteiger partial charge >= 0.3 is 0 Å². The molecule has 0 saturated heterocycles. The first-order chi connectivity index (χ1) is 13.8. The summed E-state index contributed by atoms with van der Waals surface area (Å²) in [5.74, 6) is 2.05. The molecule has 0 N–H and O–H groups in total. The van der Waals surface area contributed by atoms with Crippen molar-refractivity contribution in [1.82, 2.24) is 0 Å². The zero-order valence-electron chi connectivity index (χ0n) is 20.1. The summed E-state index contributed by atoms with van der Waals surface area (Å²) in [7, 11) is 0. The smallest absolute Gasteiger partial charge is 0.159 e. The van der Waals surface area contributed by atoms with Crippen LogP contribution >= 0.6 is 0 Å². The van der Waals surface area contributed by atoms with Gasteiger partial charge in [0.1, 0.15) is 11.6 Å². The van der Waals surface area contributed by atoms with Crippen LogP contribution in [0.1, 0.15) is 93.4 Å². The minimum Gasteiger partial charge on any atom is -0.300 e. The molecule has 0 amide bonds. The highest BCUT2D eigenvalue weighted by atomic mass is 16.1. The molecule has 7 unspecified atom stereocenters. The normalized spacial score (nSPS) is 45.8.